The fourth-order valence-corrected chi connectivity index (χ4v) is 3.87. The number of carboxylic acids is 1. The fraction of sp³-hybridized carbons (Fsp3) is 0.0800. The highest BCUT2D eigenvalue weighted by Crippen LogP contribution is 2.26. The Balaban J connectivity index is 1.80. The Morgan fingerprint density at radius 2 is 1.53 bits per heavy atom. The SMILES string of the molecule is O=C(O)[C@H](Cc1ccc(Br)c2cccnc12)N=C(c1ccccc1)c1ccccc1. The summed E-state index contributed by atoms with van der Waals surface area (Å²) in [6, 6.07) is 26.1. The van der Waals surface area contributed by atoms with E-state index in [0.717, 1.165) is 32.1 Å². The second-order valence-electron chi connectivity index (χ2n) is 6.87. The highest BCUT2D eigenvalue weighted by atomic mass is 79.9. The number of hydrogen-bond acceptors (Lipinski definition) is 3. The normalized spacial score (nSPS) is 11.8. The van der Waals surface area contributed by atoms with Crippen molar-refractivity contribution in [1.29, 1.82) is 0 Å². The number of fused-ring (bicyclic) bond motifs is 1. The van der Waals surface area contributed by atoms with Crippen LogP contribution < -0.4 is 0 Å². The minimum absolute atomic E-state index is 0.249. The summed E-state index contributed by atoms with van der Waals surface area (Å²) in [5, 5.41) is 10.9. The molecule has 5 heteroatoms. The van der Waals surface area contributed by atoms with Crippen molar-refractivity contribution in [2.24, 2.45) is 4.99 Å². The van der Waals surface area contributed by atoms with Gasteiger partial charge >= 0.3 is 5.97 Å². The van der Waals surface area contributed by atoms with Crippen molar-refractivity contribution in [3.8, 4) is 0 Å². The largest absolute Gasteiger partial charge is 0.480 e. The lowest BCUT2D eigenvalue weighted by molar-refractivity contribution is -0.138. The van der Waals surface area contributed by atoms with Gasteiger partial charge in [-0.05, 0) is 17.7 Å². The molecule has 30 heavy (non-hydrogen) atoms. The van der Waals surface area contributed by atoms with E-state index >= 15 is 0 Å². The molecule has 0 fully saturated rings. The highest BCUT2D eigenvalue weighted by Gasteiger charge is 2.21. The summed E-state index contributed by atoms with van der Waals surface area (Å²) >= 11 is 3.54. The van der Waals surface area contributed by atoms with Gasteiger partial charge in [0.2, 0.25) is 0 Å². The Morgan fingerprint density at radius 3 is 2.13 bits per heavy atom. The first-order chi connectivity index (χ1) is 14.6. The van der Waals surface area contributed by atoms with Crippen LogP contribution in [0.15, 0.2) is 101 Å². The third-order valence-corrected chi connectivity index (χ3v) is 5.57. The molecule has 1 atom stereocenters. The smallest absolute Gasteiger partial charge is 0.328 e. The number of aromatic nitrogens is 1. The number of carboxylic acid groups (broad SMARTS) is 1. The van der Waals surface area contributed by atoms with Crippen LogP contribution in [0.25, 0.3) is 10.9 Å². The summed E-state index contributed by atoms with van der Waals surface area (Å²) in [5.74, 6) is -0.966. The van der Waals surface area contributed by atoms with Crippen LogP contribution in [0.5, 0.6) is 0 Å². The van der Waals surface area contributed by atoms with E-state index in [0.29, 0.717) is 5.71 Å². The van der Waals surface area contributed by atoms with E-state index in [1.807, 2.05) is 84.9 Å². The van der Waals surface area contributed by atoms with Gasteiger partial charge in [-0.25, -0.2) is 4.79 Å². The van der Waals surface area contributed by atoms with Gasteiger partial charge in [0.15, 0.2) is 6.04 Å². The summed E-state index contributed by atoms with van der Waals surface area (Å²) in [5.41, 5.74) is 4.07. The topological polar surface area (TPSA) is 62.5 Å². The van der Waals surface area contributed by atoms with E-state index in [1.165, 1.54) is 0 Å². The molecule has 0 amide bonds. The minimum atomic E-state index is -0.966. The number of halogens is 1. The van der Waals surface area contributed by atoms with Crippen molar-refractivity contribution < 1.29 is 9.90 Å². The van der Waals surface area contributed by atoms with Crippen LogP contribution in [-0.2, 0) is 11.2 Å². The van der Waals surface area contributed by atoms with Gasteiger partial charge in [-0.3, -0.25) is 9.98 Å². The van der Waals surface area contributed by atoms with Crippen LogP contribution in [0.2, 0.25) is 0 Å². The number of carbonyl (C=O) groups is 1. The first-order valence-electron chi connectivity index (χ1n) is 9.57. The van der Waals surface area contributed by atoms with E-state index in [2.05, 4.69) is 20.9 Å². The van der Waals surface area contributed by atoms with Gasteiger partial charge in [0, 0.05) is 33.6 Å². The van der Waals surface area contributed by atoms with Gasteiger partial charge in [0.1, 0.15) is 0 Å². The Morgan fingerprint density at radius 1 is 0.900 bits per heavy atom. The van der Waals surface area contributed by atoms with Gasteiger partial charge in [-0.1, -0.05) is 88.7 Å². The van der Waals surface area contributed by atoms with Crippen molar-refractivity contribution in [3.63, 3.8) is 0 Å². The fourth-order valence-electron chi connectivity index (χ4n) is 3.42. The van der Waals surface area contributed by atoms with Crippen molar-refractivity contribution in [2.75, 3.05) is 0 Å². The minimum Gasteiger partial charge on any atom is -0.480 e. The van der Waals surface area contributed by atoms with Gasteiger partial charge in [-0.15, -0.1) is 0 Å². The van der Waals surface area contributed by atoms with Crippen LogP contribution in [0.1, 0.15) is 16.7 Å². The number of aliphatic carboxylic acids is 1. The summed E-state index contributed by atoms with van der Waals surface area (Å²) in [7, 11) is 0. The van der Waals surface area contributed by atoms with Crippen molar-refractivity contribution >= 4 is 38.5 Å². The average molecular weight is 459 g/mol. The molecule has 1 aromatic heterocycles. The van der Waals surface area contributed by atoms with Crippen LogP contribution >= 0.6 is 15.9 Å². The first-order valence-corrected chi connectivity index (χ1v) is 10.4. The number of nitrogens with zero attached hydrogens (tertiary/aromatic N) is 2. The van der Waals surface area contributed by atoms with E-state index in [4.69, 9.17) is 4.99 Å². The van der Waals surface area contributed by atoms with E-state index in [1.54, 1.807) is 6.20 Å². The zero-order chi connectivity index (χ0) is 20.9. The predicted molar refractivity (Wildman–Crippen MR) is 123 cm³/mol. The number of hydrogen-bond donors (Lipinski definition) is 1. The maximum Gasteiger partial charge on any atom is 0.328 e. The zero-order valence-electron chi connectivity index (χ0n) is 16.1. The van der Waals surface area contributed by atoms with Crippen LogP contribution in [0.3, 0.4) is 0 Å². The molecule has 1 N–H and O–H groups in total. The first kappa shape index (κ1) is 20.0. The monoisotopic (exact) mass is 458 g/mol. The maximum atomic E-state index is 12.2. The number of aliphatic imine (C=N–C) groups is 1. The molecule has 1 heterocycles. The summed E-state index contributed by atoms with van der Waals surface area (Å²) < 4.78 is 0.930. The van der Waals surface area contributed by atoms with Gasteiger partial charge in [0.05, 0.1) is 11.2 Å². The Labute approximate surface area is 183 Å². The Hall–Kier alpha value is -3.31. The lowest BCUT2D eigenvalue weighted by Gasteiger charge is -2.14. The third-order valence-electron chi connectivity index (χ3n) is 4.88. The average Bonchev–Trinajstić information content (AvgIpc) is 2.79. The van der Waals surface area contributed by atoms with Crippen molar-refractivity contribution in [1.82, 2.24) is 4.98 Å². The van der Waals surface area contributed by atoms with Crippen LogP contribution in [0.4, 0.5) is 0 Å². The lowest BCUT2D eigenvalue weighted by Crippen LogP contribution is -2.23. The molecule has 148 valence electrons. The van der Waals surface area contributed by atoms with E-state index in [-0.39, 0.29) is 6.42 Å². The second kappa shape index (κ2) is 9.01. The molecule has 0 saturated heterocycles. The molecule has 0 radical (unpaired) electrons. The highest BCUT2D eigenvalue weighted by molar-refractivity contribution is 9.10. The molecule has 0 saturated carbocycles. The molecule has 0 unspecified atom stereocenters. The van der Waals surface area contributed by atoms with Crippen LogP contribution in [-0.4, -0.2) is 27.8 Å². The molecule has 0 aliphatic heterocycles. The van der Waals surface area contributed by atoms with Crippen molar-refractivity contribution in [3.05, 3.63) is 112 Å². The summed E-state index contributed by atoms with van der Waals surface area (Å²) in [4.78, 5) is 21.4. The molecule has 4 nitrogen and oxygen atoms in total. The number of pyridine rings is 1. The second-order valence-corrected chi connectivity index (χ2v) is 7.73. The van der Waals surface area contributed by atoms with Gasteiger partial charge < -0.3 is 5.11 Å². The standard InChI is InChI=1S/C25H19BrN2O2/c26-21-14-13-19(24-20(21)12-7-15-27-24)16-22(25(29)30)28-23(17-8-3-1-4-9-17)18-10-5-2-6-11-18/h1-15,22H,16H2,(H,29,30)/t22-/m0/s1. The summed E-state index contributed by atoms with van der Waals surface area (Å²) in [6.45, 7) is 0. The van der Waals surface area contributed by atoms with Gasteiger partial charge in [-0.2, -0.15) is 0 Å². The summed E-state index contributed by atoms with van der Waals surface area (Å²) in [6.07, 6.45) is 1.97. The molecule has 3 aromatic carbocycles. The number of rotatable bonds is 6. The zero-order valence-corrected chi connectivity index (χ0v) is 17.7. The maximum absolute atomic E-state index is 12.2. The van der Waals surface area contributed by atoms with Crippen molar-refractivity contribution in [2.45, 2.75) is 12.5 Å². The third kappa shape index (κ3) is 4.31. The molecule has 4 aromatic rings. The molecular formula is C25H19BrN2O2. The van der Waals surface area contributed by atoms with Crippen LogP contribution in [0, 0.1) is 0 Å². The Kier molecular flexibility index (Phi) is 6.00. The number of benzene rings is 3. The molecular weight excluding hydrogens is 440 g/mol. The Bertz CT molecular complexity index is 1170. The van der Waals surface area contributed by atoms with E-state index in [9.17, 15) is 9.90 Å². The lowest BCUT2D eigenvalue weighted by atomic mass is 9.99. The van der Waals surface area contributed by atoms with Gasteiger partial charge in [0.25, 0.3) is 0 Å². The molecule has 0 aliphatic carbocycles. The molecule has 0 aliphatic rings. The van der Waals surface area contributed by atoms with E-state index < -0.39 is 12.0 Å². The molecule has 0 bridgehead atoms. The molecule has 0 spiro atoms. The quantitative estimate of drug-likeness (QED) is 0.386. The predicted octanol–water partition coefficient (Wildman–Crippen LogP) is 5.53. The molecule has 4 rings (SSSR count).